The zero-order chi connectivity index (χ0) is 9.80. The maximum Gasteiger partial charge on any atom is 0.184 e. The molecule has 3 N–H and O–H groups in total. The second kappa shape index (κ2) is 4.06. The topological polar surface area (TPSA) is 80.7 Å². The van der Waals surface area contributed by atoms with E-state index in [-0.39, 0.29) is 0 Å². The fourth-order valence-corrected chi connectivity index (χ4v) is 1.20. The Morgan fingerprint density at radius 3 is 3.14 bits per heavy atom. The standard InChI is InChI=1S/C9H12N4O/c10-4-1-2-8-11-9(13-12-8)7-3-5-14-6-7/h3,5-6H,1-2,4,10H2,(H,11,12,13). The van der Waals surface area contributed by atoms with Crippen LogP contribution in [0, 0.1) is 0 Å². The maximum absolute atomic E-state index is 5.40. The van der Waals surface area contributed by atoms with Crippen molar-refractivity contribution in [2.45, 2.75) is 12.8 Å². The number of aromatic amines is 1. The van der Waals surface area contributed by atoms with E-state index in [4.69, 9.17) is 10.2 Å². The number of aromatic nitrogens is 3. The van der Waals surface area contributed by atoms with Crippen LogP contribution in [-0.4, -0.2) is 21.7 Å². The van der Waals surface area contributed by atoms with Gasteiger partial charge < -0.3 is 10.2 Å². The third-order valence-electron chi connectivity index (χ3n) is 1.93. The molecule has 2 rings (SSSR count). The summed E-state index contributed by atoms with van der Waals surface area (Å²) in [7, 11) is 0. The van der Waals surface area contributed by atoms with Crippen LogP contribution in [0.3, 0.4) is 0 Å². The highest BCUT2D eigenvalue weighted by atomic mass is 16.3. The first-order chi connectivity index (χ1) is 6.90. The van der Waals surface area contributed by atoms with Crippen molar-refractivity contribution in [3.05, 3.63) is 24.4 Å². The van der Waals surface area contributed by atoms with E-state index >= 15 is 0 Å². The number of nitrogens with one attached hydrogen (secondary N) is 1. The van der Waals surface area contributed by atoms with Gasteiger partial charge in [-0.3, -0.25) is 5.10 Å². The lowest BCUT2D eigenvalue weighted by molar-refractivity contribution is 0.568. The van der Waals surface area contributed by atoms with Crippen LogP contribution >= 0.6 is 0 Å². The smallest absolute Gasteiger partial charge is 0.184 e. The summed E-state index contributed by atoms with van der Waals surface area (Å²) in [5, 5.41) is 6.95. The molecule has 0 aliphatic carbocycles. The number of rotatable bonds is 4. The van der Waals surface area contributed by atoms with E-state index in [0.29, 0.717) is 12.4 Å². The lowest BCUT2D eigenvalue weighted by atomic mass is 10.3. The van der Waals surface area contributed by atoms with Crippen LogP contribution in [-0.2, 0) is 6.42 Å². The van der Waals surface area contributed by atoms with E-state index in [1.165, 1.54) is 0 Å². The van der Waals surface area contributed by atoms with Crippen LogP contribution in [0.4, 0.5) is 0 Å². The van der Waals surface area contributed by atoms with Gasteiger partial charge in [0.1, 0.15) is 12.1 Å². The first kappa shape index (κ1) is 8.96. The molecule has 2 aromatic rings. The molecule has 5 nitrogen and oxygen atoms in total. The summed E-state index contributed by atoms with van der Waals surface area (Å²) in [6, 6.07) is 1.83. The fraction of sp³-hybridized carbons (Fsp3) is 0.333. The summed E-state index contributed by atoms with van der Waals surface area (Å²) in [6.45, 7) is 0.668. The van der Waals surface area contributed by atoms with Crippen LogP contribution in [0.25, 0.3) is 11.4 Å². The minimum Gasteiger partial charge on any atom is -0.472 e. The van der Waals surface area contributed by atoms with Crippen molar-refractivity contribution < 1.29 is 4.42 Å². The van der Waals surface area contributed by atoms with E-state index in [0.717, 1.165) is 24.2 Å². The molecule has 0 aliphatic heterocycles. The van der Waals surface area contributed by atoms with Crippen molar-refractivity contribution >= 4 is 0 Å². The first-order valence-electron chi connectivity index (χ1n) is 4.54. The van der Waals surface area contributed by atoms with Crippen LogP contribution in [0.15, 0.2) is 23.0 Å². The maximum atomic E-state index is 5.40. The van der Waals surface area contributed by atoms with Gasteiger partial charge in [-0.1, -0.05) is 0 Å². The van der Waals surface area contributed by atoms with Crippen LogP contribution in [0.2, 0.25) is 0 Å². The van der Waals surface area contributed by atoms with Crippen molar-refractivity contribution in [1.29, 1.82) is 0 Å². The Morgan fingerprint density at radius 1 is 1.50 bits per heavy atom. The largest absolute Gasteiger partial charge is 0.472 e. The third kappa shape index (κ3) is 1.82. The Bertz CT molecular complexity index is 379. The number of aryl methyl sites for hydroxylation is 1. The van der Waals surface area contributed by atoms with Gasteiger partial charge in [0.2, 0.25) is 0 Å². The molecule has 0 aromatic carbocycles. The molecule has 2 heterocycles. The average Bonchev–Trinajstić information content (AvgIpc) is 2.85. The summed E-state index contributed by atoms with van der Waals surface area (Å²) >= 11 is 0. The Labute approximate surface area is 81.3 Å². The number of hydrogen-bond donors (Lipinski definition) is 2. The van der Waals surface area contributed by atoms with Gasteiger partial charge in [0.05, 0.1) is 11.8 Å². The van der Waals surface area contributed by atoms with Gasteiger partial charge in [0, 0.05) is 6.42 Å². The van der Waals surface area contributed by atoms with E-state index in [1.54, 1.807) is 12.5 Å². The van der Waals surface area contributed by atoms with Crippen LogP contribution in [0.5, 0.6) is 0 Å². The van der Waals surface area contributed by atoms with Crippen molar-refractivity contribution in [2.75, 3.05) is 6.54 Å². The first-order valence-corrected chi connectivity index (χ1v) is 4.54. The van der Waals surface area contributed by atoms with Gasteiger partial charge >= 0.3 is 0 Å². The molecular weight excluding hydrogens is 180 g/mol. The van der Waals surface area contributed by atoms with E-state index in [9.17, 15) is 0 Å². The van der Waals surface area contributed by atoms with Gasteiger partial charge in [0.15, 0.2) is 5.82 Å². The molecule has 0 atom stereocenters. The summed E-state index contributed by atoms with van der Waals surface area (Å²) < 4.78 is 4.95. The Balaban J connectivity index is 2.10. The Kier molecular flexibility index (Phi) is 2.60. The number of hydrogen-bond acceptors (Lipinski definition) is 4. The van der Waals surface area contributed by atoms with Crippen molar-refractivity contribution in [2.24, 2.45) is 5.73 Å². The highest BCUT2D eigenvalue weighted by Gasteiger charge is 2.05. The Hall–Kier alpha value is -1.62. The molecule has 0 amide bonds. The number of furan rings is 1. The summed E-state index contributed by atoms with van der Waals surface area (Å²) in [5.41, 5.74) is 6.29. The molecule has 0 fully saturated rings. The highest BCUT2D eigenvalue weighted by Crippen LogP contribution is 2.14. The van der Waals surface area contributed by atoms with E-state index in [2.05, 4.69) is 15.2 Å². The molecule has 0 radical (unpaired) electrons. The molecule has 0 spiro atoms. The zero-order valence-corrected chi connectivity index (χ0v) is 7.73. The summed E-state index contributed by atoms with van der Waals surface area (Å²) in [5.74, 6) is 1.54. The van der Waals surface area contributed by atoms with E-state index < -0.39 is 0 Å². The van der Waals surface area contributed by atoms with Crippen LogP contribution in [0.1, 0.15) is 12.2 Å². The third-order valence-corrected chi connectivity index (χ3v) is 1.93. The SMILES string of the molecule is NCCCc1nc(-c2ccoc2)n[nH]1. The van der Waals surface area contributed by atoms with Gasteiger partial charge in [-0.25, -0.2) is 4.98 Å². The normalized spacial score (nSPS) is 10.6. The summed E-state index contributed by atoms with van der Waals surface area (Å²) in [6.07, 6.45) is 4.97. The monoisotopic (exact) mass is 192 g/mol. The molecule has 0 aliphatic rings. The number of H-pyrrole nitrogens is 1. The van der Waals surface area contributed by atoms with Gasteiger partial charge in [-0.15, -0.1) is 0 Å². The second-order valence-corrected chi connectivity index (χ2v) is 3.01. The molecular formula is C9H12N4O. The Morgan fingerprint density at radius 2 is 2.43 bits per heavy atom. The number of nitrogens with zero attached hydrogens (tertiary/aromatic N) is 2. The van der Waals surface area contributed by atoms with Crippen molar-refractivity contribution in [3.63, 3.8) is 0 Å². The van der Waals surface area contributed by atoms with Crippen LogP contribution < -0.4 is 5.73 Å². The van der Waals surface area contributed by atoms with Gasteiger partial charge in [-0.2, -0.15) is 5.10 Å². The molecule has 14 heavy (non-hydrogen) atoms. The van der Waals surface area contributed by atoms with Gasteiger partial charge in [-0.05, 0) is 19.0 Å². The summed E-state index contributed by atoms with van der Waals surface area (Å²) in [4.78, 5) is 4.31. The van der Waals surface area contributed by atoms with Crippen molar-refractivity contribution in [1.82, 2.24) is 15.2 Å². The molecule has 5 heteroatoms. The second-order valence-electron chi connectivity index (χ2n) is 3.01. The molecule has 0 unspecified atom stereocenters. The highest BCUT2D eigenvalue weighted by molar-refractivity contribution is 5.51. The molecule has 0 saturated carbocycles. The van der Waals surface area contributed by atoms with E-state index in [1.807, 2.05) is 6.07 Å². The quantitative estimate of drug-likeness (QED) is 0.755. The lowest BCUT2D eigenvalue weighted by Crippen LogP contribution is -2.01. The predicted molar refractivity (Wildman–Crippen MR) is 51.5 cm³/mol. The average molecular weight is 192 g/mol. The molecule has 2 aromatic heterocycles. The van der Waals surface area contributed by atoms with Crippen molar-refractivity contribution in [3.8, 4) is 11.4 Å². The predicted octanol–water partition coefficient (Wildman–Crippen LogP) is 0.956. The number of nitrogens with two attached hydrogens (primary N) is 1. The minimum absolute atomic E-state index is 0.668. The fourth-order valence-electron chi connectivity index (χ4n) is 1.20. The molecule has 74 valence electrons. The zero-order valence-electron chi connectivity index (χ0n) is 7.73. The molecule has 0 saturated heterocycles. The lowest BCUT2D eigenvalue weighted by Gasteiger charge is -1.90. The molecule has 0 bridgehead atoms. The van der Waals surface area contributed by atoms with Gasteiger partial charge in [0.25, 0.3) is 0 Å². The minimum atomic E-state index is 0.668.